The maximum atomic E-state index is 5.99. The summed E-state index contributed by atoms with van der Waals surface area (Å²) in [7, 11) is 0. The number of rotatable bonds is 6. The van der Waals surface area contributed by atoms with Crippen LogP contribution in [0.1, 0.15) is 51.2 Å². The normalized spacial score (nSPS) is 20.9. The van der Waals surface area contributed by atoms with E-state index in [0.29, 0.717) is 12.1 Å². The lowest BCUT2D eigenvalue weighted by Gasteiger charge is -2.39. The number of nitrogens with one attached hydrogen (secondary N) is 1. The molecule has 2 unspecified atom stereocenters. The van der Waals surface area contributed by atoms with Crippen LogP contribution in [0.5, 0.6) is 0 Å². The van der Waals surface area contributed by atoms with E-state index in [2.05, 4.69) is 68.9 Å². The van der Waals surface area contributed by atoms with Crippen LogP contribution in [0, 0.1) is 6.92 Å². The molecule has 2 atom stereocenters. The molecule has 0 bridgehead atoms. The van der Waals surface area contributed by atoms with E-state index in [1.54, 1.807) is 0 Å². The Labute approximate surface area is 135 Å². The van der Waals surface area contributed by atoms with Crippen molar-refractivity contribution in [1.82, 2.24) is 10.4 Å². The first-order valence-corrected chi connectivity index (χ1v) is 8.43. The number of piperidine rings is 1. The summed E-state index contributed by atoms with van der Waals surface area (Å²) in [6.45, 7) is 13.8. The molecular formula is C19H30N2O. The van der Waals surface area contributed by atoms with Gasteiger partial charge >= 0.3 is 0 Å². The van der Waals surface area contributed by atoms with Gasteiger partial charge in [-0.25, -0.2) is 0 Å². The molecule has 1 N–H and O–H groups in total. The molecule has 22 heavy (non-hydrogen) atoms. The Hall–Kier alpha value is -1.32. The standard InChI is InChI=1S/C19H30N2O/c1-14(2)22-21-12-7-6-11-19(21)17(5)20-16(4)18-10-8-9-15(3)13-18/h8-10,13-14,17,19-20H,4,6-7,11-12H2,1-3,5H3. The molecule has 1 heterocycles. The van der Waals surface area contributed by atoms with Crippen molar-refractivity contribution in [2.45, 2.75) is 65.1 Å². The summed E-state index contributed by atoms with van der Waals surface area (Å²) in [6.07, 6.45) is 3.88. The van der Waals surface area contributed by atoms with Gasteiger partial charge in [0, 0.05) is 18.3 Å². The van der Waals surface area contributed by atoms with Gasteiger partial charge in [-0.05, 0) is 52.2 Å². The van der Waals surface area contributed by atoms with Crippen LogP contribution in [0.15, 0.2) is 30.8 Å². The van der Waals surface area contributed by atoms with Crippen molar-refractivity contribution in [3.8, 4) is 0 Å². The quantitative estimate of drug-likeness (QED) is 0.855. The molecule has 0 aromatic heterocycles. The van der Waals surface area contributed by atoms with E-state index in [0.717, 1.165) is 12.2 Å². The molecule has 0 aliphatic carbocycles. The molecule has 3 heteroatoms. The molecule has 0 saturated carbocycles. The van der Waals surface area contributed by atoms with Gasteiger partial charge in [0.1, 0.15) is 0 Å². The first-order valence-electron chi connectivity index (χ1n) is 8.43. The third-order valence-electron chi connectivity index (χ3n) is 4.19. The Morgan fingerprint density at radius 2 is 2.09 bits per heavy atom. The van der Waals surface area contributed by atoms with Gasteiger partial charge in [0.25, 0.3) is 0 Å². The van der Waals surface area contributed by atoms with Gasteiger partial charge in [-0.1, -0.05) is 36.8 Å². The molecule has 0 spiro atoms. The predicted molar refractivity (Wildman–Crippen MR) is 93.4 cm³/mol. The van der Waals surface area contributed by atoms with Crippen molar-refractivity contribution in [2.24, 2.45) is 0 Å². The largest absolute Gasteiger partial charge is 0.381 e. The van der Waals surface area contributed by atoms with Gasteiger partial charge in [-0.2, -0.15) is 5.06 Å². The van der Waals surface area contributed by atoms with E-state index >= 15 is 0 Å². The number of nitrogens with zero attached hydrogens (tertiary/aromatic N) is 1. The van der Waals surface area contributed by atoms with Crippen LogP contribution in [0.3, 0.4) is 0 Å². The smallest absolute Gasteiger partial charge is 0.0737 e. The summed E-state index contributed by atoms with van der Waals surface area (Å²) in [5.41, 5.74) is 3.42. The minimum atomic E-state index is 0.229. The maximum absolute atomic E-state index is 5.99. The molecule has 1 saturated heterocycles. The van der Waals surface area contributed by atoms with E-state index < -0.39 is 0 Å². The van der Waals surface area contributed by atoms with E-state index in [9.17, 15) is 0 Å². The zero-order chi connectivity index (χ0) is 16.1. The molecule has 1 aliphatic heterocycles. The third kappa shape index (κ3) is 4.59. The van der Waals surface area contributed by atoms with Gasteiger partial charge in [0.2, 0.25) is 0 Å². The van der Waals surface area contributed by atoms with Crippen LogP contribution in [0.2, 0.25) is 0 Å². The highest BCUT2D eigenvalue weighted by Crippen LogP contribution is 2.22. The van der Waals surface area contributed by atoms with Crippen molar-refractivity contribution in [3.05, 3.63) is 42.0 Å². The molecule has 0 radical (unpaired) electrons. The van der Waals surface area contributed by atoms with Crippen LogP contribution in [-0.4, -0.2) is 29.8 Å². The average molecular weight is 302 g/mol. The van der Waals surface area contributed by atoms with Crippen molar-refractivity contribution in [1.29, 1.82) is 0 Å². The highest BCUT2D eigenvalue weighted by molar-refractivity contribution is 5.62. The summed E-state index contributed by atoms with van der Waals surface area (Å²) in [5.74, 6) is 0. The van der Waals surface area contributed by atoms with Crippen LogP contribution < -0.4 is 5.32 Å². The Morgan fingerprint density at radius 3 is 2.77 bits per heavy atom. The van der Waals surface area contributed by atoms with Gasteiger partial charge in [-0.3, -0.25) is 4.84 Å². The van der Waals surface area contributed by atoms with E-state index in [4.69, 9.17) is 4.84 Å². The minimum Gasteiger partial charge on any atom is -0.381 e. The molecule has 122 valence electrons. The number of aryl methyl sites for hydroxylation is 1. The van der Waals surface area contributed by atoms with Crippen LogP contribution >= 0.6 is 0 Å². The average Bonchev–Trinajstić information content (AvgIpc) is 2.47. The molecule has 3 nitrogen and oxygen atoms in total. The second kappa shape index (κ2) is 7.80. The lowest BCUT2D eigenvalue weighted by atomic mass is 9.97. The lowest BCUT2D eigenvalue weighted by Crippen LogP contribution is -2.51. The molecule has 1 aliphatic rings. The summed E-state index contributed by atoms with van der Waals surface area (Å²) >= 11 is 0. The number of hydroxylamine groups is 2. The molecular weight excluding hydrogens is 272 g/mol. The van der Waals surface area contributed by atoms with E-state index in [1.165, 1.54) is 30.4 Å². The van der Waals surface area contributed by atoms with Gasteiger partial charge < -0.3 is 5.32 Å². The van der Waals surface area contributed by atoms with Gasteiger partial charge in [-0.15, -0.1) is 0 Å². The Bertz CT molecular complexity index is 498. The fourth-order valence-corrected chi connectivity index (χ4v) is 3.12. The maximum Gasteiger partial charge on any atom is 0.0737 e. The SMILES string of the molecule is C=C(NC(C)C1CCCCN1OC(C)C)c1cccc(C)c1. The van der Waals surface area contributed by atoms with Crippen LogP contribution in [0.4, 0.5) is 0 Å². The lowest BCUT2D eigenvalue weighted by molar-refractivity contribution is -0.226. The minimum absolute atomic E-state index is 0.229. The van der Waals surface area contributed by atoms with Crippen molar-refractivity contribution in [3.63, 3.8) is 0 Å². The van der Waals surface area contributed by atoms with Gasteiger partial charge in [0.05, 0.1) is 12.1 Å². The second-order valence-electron chi connectivity index (χ2n) is 6.64. The first kappa shape index (κ1) is 17.0. The van der Waals surface area contributed by atoms with Crippen molar-refractivity contribution in [2.75, 3.05) is 6.54 Å². The molecule has 2 rings (SSSR count). The zero-order valence-electron chi connectivity index (χ0n) is 14.4. The summed E-state index contributed by atoms with van der Waals surface area (Å²) < 4.78 is 0. The fraction of sp³-hybridized carbons (Fsp3) is 0.579. The second-order valence-corrected chi connectivity index (χ2v) is 6.64. The number of hydrogen-bond donors (Lipinski definition) is 1. The third-order valence-corrected chi connectivity index (χ3v) is 4.19. The van der Waals surface area contributed by atoms with Gasteiger partial charge in [0.15, 0.2) is 0 Å². The predicted octanol–water partition coefficient (Wildman–Crippen LogP) is 4.14. The Balaban J connectivity index is 2.00. The van der Waals surface area contributed by atoms with Crippen molar-refractivity contribution < 1.29 is 4.84 Å². The highest BCUT2D eigenvalue weighted by Gasteiger charge is 2.29. The highest BCUT2D eigenvalue weighted by atomic mass is 16.7. The molecule has 1 aromatic rings. The topological polar surface area (TPSA) is 24.5 Å². The molecule has 0 amide bonds. The summed E-state index contributed by atoms with van der Waals surface area (Å²) in [4.78, 5) is 5.99. The fourth-order valence-electron chi connectivity index (χ4n) is 3.12. The van der Waals surface area contributed by atoms with E-state index in [1.807, 2.05) is 0 Å². The molecule has 1 fully saturated rings. The van der Waals surface area contributed by atoms with E-state index in [-0.39, 0.29) is 6.10 Å². The number of hydrogen-bond acceptors (Lipinski definition) is 3. The number of benzene rings is 1. The first-order chi connectivity index (χ1) is 10.5. The van der Waals surface area contributed by atoms with Crippen LogP contribution in [-0.2, 0) is 4.84 Å². The van der Waals surface area contributed by atoms with Crippen LogP contribution in [0.25, 0.3) is 5.70 Å². The van der Waals surface area contributed by atoms with Crippen molar-refractivity contribution >= 4 is 5.70 Å². The molecule has 1 aromatic carbocycles. The summed E-state index contributed by atoms with van der Waals surface area (Å²) in [6, 6.07) is 9.19. The monoisotopic (exact) mass is 302 g/mol. The zero-order valence-corrected chi connectivity index (χ0v) is 14.4. The summed E-state index contributed by atoms with van der Waals surface area (Å²) in [5, 5.41) is 5.76. The Kier molecular flexibility index (Phi) is 6.04. The Morgan fingerprint density at radius 1 is 1.32 bits per heavy atom.